The van der Waals surface area contributed by atoms with Crippen LogP contribution in [0.4, 0.5) is 11.5 Å². The molecule has 3 rings (SSSR count). The molecule has 0 fully saturated rings. The Bertz CT molecular complexity index is 799. The first-order valence-corrected chi connectivity index (χ1v) is 6.70. The van der Waals surface area contributed by atoms with Crippen LogP contribution in [-0.2, 0) is 4.79 Å². The van der Waals surface area contributed by atoms with Crippen LogP contribution in [-0.4, -0.2) is 18.4 Å². The maximum atomic E-state index is 10.6. The lowest BCUT2D eigenvalue weighted by Gasteiger charge is -2.10. The van der Waals surface area contributed by atoms with E-state index in [9.17, 15) is 4.79 Å². The molecule has 0 aliphatic heterocycles. The number of hydrogen-bond acceptors (Lipinski definition) is 3. The van der Waals surface area contributed by atoms with Gasteiger partial charge < -0.3 is 10.6 Å². The van der Waals surface area contributed by atoms with Crippen molar-refractivity contribution in [2.24, 2.45) is 0 Å². The van der Waals surface area contributed by atoms with E-state index in [0.717, 1.165) is 11.3 Å². The molecule has 0 spiro atoms. The van der Waals surface area contributed by atoms with Crippen molar-refractivity contribution in [1.82, 2.24) is 4.98 Å². The highest BCUT2D eigenvalue weighted by Gasteiger charge is 2.06. The zero-order valence-corrected chi connectivity index (χ0v) is 11.6. The quantitative estimate of drug-likeness (QED) is 0.717. The van der Waals surface area contributed by atoms with Crippen LogP contribution in [0, 0.1) is 0 Å². The molecule has 3 aromatic rings. The zero-order valence-electron chi connectivity index (χ0n) is 11.6. The Morgan fingerprint density at radius 3 is 2.57 bits per heavy atom. The van der Waals surface area contributed by atoms with Crippen molar-refractivity contribution in [2.45, 2.75) is 0 Å². The fourth-order valence-electron chi connectivity index (χ4n) is 2.34. The summed E-state index contributed by atoms with van der Waals surface area (Å²) in [7, 11) is 1.78. The summed E-state index contributed by atoms with van der Waals surface area (Å²) in [6.45, 7) is 0. The average molecular weight is 277 g/mol. The van der Waals surface area contributed by atoms with Gasteiger partial charge in [-0.2, -0.15) is 0 Å². The fourth-order valence-corrected chi connectivity index (χ4v) is 2.34. The van der Waals surface area contributed by atoms with Gasteiger partial charge in [0.1, 0.15) is 5.82 Å². The Balaban J connectivity index is 2.07. The molecule has 0 bridgehead atoms. The van der Waals surface area contributed by atoms with E-state index in [1.54, 1.807) is 7.05 Å². The molecule has 0 radical (unpaired) electrons. The predicted molar refractivity (Wildman–Crippen MR) is 86.4 cm³/mol. The van der Waals surface area contributed by atoms with E-state index in [1.165, 1.54) is 10.8 Å². The Labute approximate surface area is 122 Å². The standard InChI is InChI=1S/C17H15N3O/c1-18-17-16(19-11-21)9-8-15(20-17)14-7-6-12-4-2-3-5-13(12)10-14/h2-11H,1H3,(H,18,20)(H,19,21). The van der Waals surface area contributed by atoms with E-state index < -0.39 is 0 Å². The van der Waals surface area contributed by atoms with Crippen LogP contribution in [0.25, 0.3) is 22.0 Å². The number of nitrogens with one attached hydrogen (secondary N) is 2. The smallest absolute Gasteiger partial charge is 0.211 e. The van der Waals surface area contributed by atoms with Crippen LogP contribution in [0.1, 0.15) is 0 Å². The van der Waals surface area contributed by atoms with E-state index in [4.69, 9.17) is 0 Å². The minimum Gasteiger partial charge on any atom is -0.371 e. The van der Waals surface area contributed by atoms with Crippen LogP contribution < -0.4 is 10.6 Å². The van der Waals surface area contributed by atoms with Crippen LogP contribution in [0.2, 0.25) is 0 Å². The number of carbonyl (C=O) groups is 1. The maximum absolute atomic E-state index is 10.6. The lowest BCUT2D eigenvalue weighted by molar-refractivity contribution is -0.105. The monoisotopic (exact) mass is 277 g/mol. The number of benzene rings is 2. The largest absolute Gasteiger partial charge is 0.371 e. The molecular weight excluding hydrogens is 262 g/mol. The number of amides is 1. The van der Waals surface area contributed by atoms with Gasteiger partial charge in [-0.15, -0.1) is 0 Å². The third kappa shape index (κ3) is 2.56. The fraction of sp³-hybridized carbons (Fsp3) is 0.0588. The normalized spacial score (nSPS) is 10.3. The highest BCUT2D eigenvalue weighted by molar-refractivity contribution is 5.87. The van der Waals surface area contributed by atoms with Gasteiger partial charge in [-0.05, 0) is 29.0 Å². The van der Waals surface area contributed by atoms with E-state index in [2.05, 4.69) is 45.9 Å². The molecule has 2 N–H and O–H groups in total. The van der Waals surface area contributed by atoms with Gasteiger partial charge in [0, 0.05) is 12.6 Å². The summed E-state index contributed by atoms with van der Waals surface area (Å²) < 4.78 is 0. The molecule has 4 nitrogen and oxygen atoms in total. The maximum Gasteiger partial charge on any atom is 0.211 e. The van der Waals surface area contributed by atoms with E-state index in [1.807, 2.05) is 24.3 Å². The van der Waals surface area contributed by atoms with Crippen molar-refractivity contribution in [1.29, 1.82) is 0 Å². The molecule has 2 aromatic carbocycles. The summed E-state index contributed by atoms with van der Waals surface area (Å²) in [6.07, 6.45) is 0.646. The van der Waals surface area contributed by atoms with Crippen LogP contribution in [0.5, 0.6) is 0 Å². The van der Waals surface area contributed by atoms with Crippen molar-refractivity contribution in [3.63, 3.8) is 0 Å². The molecule has 104 valence electrons. The van der Waals surface area contributed by atoms with E-state index >= 15 is 0 Å². The lowest BCUT2D eigenvalue weighted by Crippen LogP contribution is -2.02. The molecule has 0 aliphatic carbocycles. The van der Waals surface area contributed by atoms with Gasteiger partial charge in [-0.3, -0.25) is 4.79 Å². The minimum atomic E-state index is 0.646. The van der Waals surface area contributed by atoms with E-state index in [0.29, 0.717) is 17.9 Å². The Hall–Kier alpha value is -2.88. The van der Waals surface area contributed by atoms with E-state index in [-0.39, 0.29) is 0 Å². The highest BCUT2D eigenvalue weighted by Crippen LogP contribution is 2.27. The summed E-state index contributed by atoms with van der Waals surface area (Å²) in [5, 5.41) is 8.01. The van der Waals surface area contributed by atoms with Gasteiger partial charge in [0.05, 0.1) is 11.4 Å². The second-order valence-corrected chi connectivity index (χ2v) is 4.67. The molecule has 4 heteroatoms. The van der Waals surface area contributed by atoms with Crippen LogP contribution >= 0.6 is 0 Å². The number of pyridine rings is 1. The molecular formula is C17H15N3O. The molecule has 1 heterocycles. The Morgan fingerprint density at radius 2 is 1.81 bits per heavy atom. The lowest BCUT2D eigenvalue weighted by atomic mass is 10.0. The molecule has 0 aliphatic rings. The van der Waals surface area contributed by atoms with Crippen LogP contribution in [0.3, 0.4) is 0 Å². The summed E-state index contributed by atoms with van der Waals surface area (Å²) in [5.41, 5.74) is 2.57. The van der Waals surface area contributed by atoms with Crippen molar-refractivity contribution in [2.75, 3.05) is 17.7 Å². The molecule has 1 amide bonds. The van der Waals surface area contributed by atoms with Gasteiger partial charge in [0.2, 0.25) is 6.41 Å². The first kappa shape index (κ1) is 13.1. The number of fused-ring (bicyclic) bond motifs is 1. The average Bonchev–Trinajstić information content (AvgIpc) is 2.55. The predicted octanol–water partition coefficient (Wildman–Crippen LogP) is 3.51. The van der Waals surface area contributed by atoms with Gasteiger partial charge in [-0.1, -0.05) is 36.4 Å². The summed E-state index contributed by atoms with van der Waals surface area (Å²) in [6, 6.07) is 18.2. The molecule has 0 atom stereocenters. The molecule has 0 unspecified atom stereocenters. The SMILES string of the molecule is CNc1nc(-c2ccc3ccccc3c2)ccc1NC=O. The number of carbonyl (C=O) groups excluding carboxylic acids is 1. The molecule has 0 saturated heterocycles. The number of rotatable bonds is 4. The minimum absolute atomic E-state index is 0.646. The van der Waals surface area contributed by atoms with Crippen molar-refractivity contribution >= 4 is 28.7 Å². The highest BCUT2D eigenvalue weighted by atomic mass is 16.1. The van der Waals surface area contributed by atoms with Gasteiger partial charge in [0.25, 0.3) is 0 Å². The van der Waals surface area contributed by atoms with Crippen molar-refractivity contribution in [3.8, 4) is 11.3 Å². The molecule has 1 aromatic heterocycles. The zero-order chi connectivity index (χ0) is 14.7. The van der Waals surface area contributed by atoms with Gasteiger partial charge in [0.15, 0.2) is 0 Å². The second kappa shape index (κ2) is 5.63. The Kier molecular flexibility index (Phi) is 3.51. The number of hydrogen-bond donors (Lipinski definition) is 2. The molecule has 21 heavy (non-hydrogen) atoms. The number of nitrogens with zero attached hydrogens (tertiary/aromatic N) is 1. The first-order valence-electron chi connectivity index (χ1n) is 6.70. The third-order valence-electron chi connectivity index (χ3n) is 3.39. The Morgan fingerprint density at radius 1 is 1.00 bits per heavy atom. The molecule has 0 saturated carbocycles. The number of aromatic nitrogens is 1. The van der Waals surface area contributed by atoms with Crippen molar-refractivity contribution < 1.29 is 4.79 Å². The van der Waals surface area contributed by atoms with Gasteiger partial charge in [-0.25, -0.2) is 4.98 Å². The summed E-state index contributed by atoms with van der Waals surface area (Å²) in [4.78, 5) is 15.1. The number of anilines is 2. The third-order valence-corrected chi connectivity index (χ3v) is 3.39. The van der Waals surface area contributed by atoms with Crippen molar-refractivity contribution in [3.05, 3.63) is 54.6 Å². The second-order valence-electron chi connectivity index (χ2n) is 4.67. The topological polar surface area (TPSA) is 54.0 Å². The van der Waals surface area contributed by atoms with Gasteiger partial charge >= 0.3 is 0 Å². The summed E-state index contributed by atoms with van der Waals surface area (Å²) in [5.74, 6) is 0.646. The van der Waals surface area contributed by atoms with Crippen LogP contribution in [0.15, 0.2) is 54.6 Å². The first-order chi connectivity index (χ1) is 10.3. The summed E-state index contributed by atoms with van der Waals surface area (Å²) >= 11 is 0.